The first-order valence-corrected chi connectivity index (χ1v) is 7.26. The van der Waals surface area contributed by atoms with Gasteiger partial charge in [-0.15, -0.1) is 0 Å². The summed E-state index contributed by atoms with van der Waals surface area (Å²) in [6.45, 7) is 1.46. The second kappa shape index (κ2) is 7.76. The van der Waals surface area contributed by atoms with Gasteiger partial charge in [0.2, 0.25) is 5.88 Å². The minimum absolute atomic E-state index is 0.0531. The molecule has 2 amide bonds. The smallest absolute Gasteiger partial charge is 0.345 e. The van der Waals surface area contributed by atoms with Crippen molar-refractivity contribution in [2.45, 2.75) is 6.92 Å². The number of aromatic amines is 1. The summed E-state index contributed by atoms with van der Waals surface area (Å²) < 4.78 is 4.57. The third kappa shape index (κ3) is 3.93. The molecule has 0 radical (unpaired) electrons. The number of benzene rings is 1. The summed E-state index contributed by atoms with van der Waals surface area (Å²) in [5.74, 6) is -0.997. The maximum atomic E-state index is 11.9. The molecular weight excluding hydrogens is 340 g/mol. The summed E-state index contributed by atoms with van der Waals surface area (Å²) in [6.07, 6.45) is 1.04. The third-order valence-corrected chi connectivity index (χ3v) is 3.47. The van der Waals surface area contributed by atoms with E-state index in [1.54, 1.807) is 6.07 Å². The highest BCUT2D eigenvalue weighted by atomic mass is 16.5. The molecule has 2 rings (SSSR count). The van der Waals surface area contributed by atoms with Crippen LogP contribution in [-0.2, 0) is 4.74 Å². The van der Waals surface area contributed by atoms with E-state index in [1.165, 1.54) is 38.3 Å². The van der Waals surface area contributed by atoms with Crippen molar-refractivity contribution in [3.8, 4) is 11.9 Å². The first-order valence-electron chi connectivity index (χ1n) is 7.26. The molecule has 0 bridgehead atoms. The number of carbonyl (C=O) groups excluding carboxylic acids is 2. The van der Waals surface area contributed by atoms with Crippen LogP contribution in [0.3, 0.4) is 0 Å². The molecule has 132 valence electrons. The van der Waals surface area contributed by atoms with Crippen molar-refractivity contribution in [2.75, 3.05) is 12.4 Å². The van der Waals surface area contributed by atoms with Crippen molar-refractivity contribution < 1.29 is 19.4 Å². The van der Waals surface area contributed by atoms with E-state index in [0.29, 0.717) is 11.3 Å². The third-order valence-electron chi connectivity index (χ3n) is 3.47. The van der Waals surface area contributed by atoms with Crippen molar-refractivity contribution >= 4 is 23.9 Å². The molecule has 1 aromatic heterocycles. The van der Waals surface area contributed by atoms with Gasteiger partial charge >= 0.3 is 12.0 Å². The molecule has 0 aliphatic carbocycles. The zero-order valence-corrected chi connectivity index (χ0v) is 13.9. The van der Waals surface area contributed by atoms with Crippen molar-refractivity contribution in [1.29, 1.82) is 5.26 Å². The number of H-pyrrole nitrogens is 1. The number of aromatic nitrogens is 1. The Morgan fingerprint density at radius 3 is 2.58 bits per heavy atom. The Labute approximate surface area is 147 Å². The van der Waals surface area contributed by atoms with Crippen molar-refractivity contribution in [2.24, 2.45) is 4.99 Å². The number of methoxy groups -OCH3 is 1. The summed E-state index contributed by atoms with van der Waals surface area (Å²) in [7, 11) is 1.26. The van der Waals surface area contributed by atoms with Gasteiger partial charge in [-0.25, -0.2) is 14.6 Å². The van der Waals surface area contributed by atoms with E-state index in [0.717, 1.165) is 6.21 Å². The van der Waals surface area contributed by atoms with Gasteiger partial charge in [0.25, 0.3) is 5.56 Å². The summed E-state index contributed by atoms with van der Waals surface area (Å²) in [4.78, 5) is 40.5. The van der Waals surface area contributed by atoms with Gasteiger partial charge < -0.3 is 15.2 Å². The van der Waals surface area contributed by atoms with Crippen LogP contribution in [0.15, 0.2) is 34.1 Å². The molecular formula is C17H14N4O5. The fraction of sp³-hybridized carbons (Fsp3) is 0.118. The van der Waals surface area contributed by atoms with E-state index in [-0.39, 0.29) is 16.7 Å². The van der Waals surface area contributed by atoms with Gasteiger partial charge in [-0.1, -0.05) is 0 Å². The van der Waals surface area contributed by atoms with Crippen molar-refractivity contribution in [3.63, 3.8) is 0 Å². The van der Waals surface area contributed by atoms with Crippen LogP contribution in [0.5, 0.6) is 5.88 Å². The quantitative estimate of drug-likeness (QED) is 0.565. The fourth-order valence-corrected chi connectivity index (χ4v) is 2.10. The number of nitrogens with one attached hydrogen (secondary N) is 2. The first kappa shape index (κ1) is 18.4. The maximum absolute atomic E-state index is 11.9. The fourth-order valence-electron chi connectivity index (χ4n) is 2.10. The van der Waals surface area contributed by atoms with E-state index < -0.39 is 23.4 Å². The molecule has 0 atom stereocenters. The lowest BCUT2D eigenvalue weighted by Gasteiger charge is -2.05. The van der Waals surface area contributed by atoms with Gasteiger partial charge in [-0.2, -0.15) is 5.26 Å². The van der Waals surface area contributed by atoms with Gasteiger partial charge in [-0.05, 0) is 36.8 Å². The first-order chi connectivity index (χ1) is 12.4. The lowest BCUT2D eigenvalue weighted by Crippen LogP contribution is -2.14. The monoisotopic (exact) mass is 354 g/mol. The highest BCUT2D eigenvalue weighted by Crippen LogP contribution is 2.16. The summed E-state index contributed by atoms with van der Waals surface area (Å²) in [5.41, 5.74) is 0.0645. The van der Waals surface area contributed by atoms with Crippen LogP contribution in [0.1, 0.15) is 27.0 Å². The number of esters is 1. The van der Waals surface area contributed by atoms with E-state index in [9.17, 15) is 19.5 Å². The standard InChI is InChI=1S/C17H14N4O5/c1-9-12(7-18)14(22)21-15(23)13(9)8-19-17(25)20-11-5-3-10(4-6-11)16(24)26-2/h3-6,8H,1-2H3,(H,20,25)(H2,21,22,23)/b19-8+. The van der Waals surface area contributed by atoms with Crippen LogP contribution in [0.25, 0.3) is 0 Å². The number of hydrogen-bond acceptors (Lipinski definition) is 6. The Morgan fingerprint density at radius 1 is 1.35 bits per heavy atom. The average molecular weight is 354 g/mol. The molecule has 0 saturated carbocycles. The van der Waals surface area contributed by atoms with Gasteiger partial charge in [-0.3, -0.25) is 9.78 Å². The van der Waals surface area contributed by atoms with Crippen LogP contribution in [-0.4, -0.2) is 35.4 Å². The van der Waals surface area contributed by atoms with Crippen LogP contribution in [0, 0.1) is 18.3 Å². The Bertz CT molecular complexity index is 984. The zero-order chi connectivity index (χ0) is 19.3. The molecule has 0 aliphatic rings. The van der Waals surface area contributed by atoms with E-state index in [2.05, 4.69) is 20.0 Å². The Hall–Kier alpha value is -3.93. The van der Waals surface area contributed by atoms with Crippen LogP contribution in [0.2, 0.25) is 0 Å². The SMILES string of the molecule is COC(=O)c1ccc(NC(=O)/N=C/c2c(O)[nH]c(=O)c(C#N)c2C)cc1. The average Bonchev–Trinajstić information content (AvgIpc) is 2.61. The minimum atomic E-state index is -0.751. The van der Waals surface area contributed by atoms with E-state index >= 15 is 0 Å². The van der Waals surface area contributed by atoms with Gasteiger partial charge in [0.05, 0.1) is 18.2 Å². The molecule has 0 unspecified atom stereocenters. The molecule has 0 saturated heterocycles. The molecule has 0 aliphatic heterocycles. The number of aromatic hydroxyl groups is 1. The molecule has 1 heterocycles. The number of urea groups is 1. The lowest BCUT2D eigenvalue weighted by atomic mass is 10.1. The number of carbonyl (C=O) groups is 2. The van der Waals surface area contributed by atoms with E-state index in [1.807, 2.05) is 0 Å². The number of rotatable bonds is 3. The number of anilines is 1. The van der Waals surface area contributed by atoms with Crippen LogP contribution in [0.4, 0.5) is 10.5 Å². The maximum Gasteiger partial charge on any atom is 0.345 e. The highest BCUT2D eigenvalue weighted by Gasteiger charge is 2.13. The highest BCUT2D eigenvalue weighted by molar-refractivity contribution is 5.99. The summed E-state index contributed by atoms with van der Waals surface area (Å²) in [6, 6.07) is 6.91. The number of nitrogens with zero attached hydrogens (tertiary/aromatic N) is 2. The van der Waals surface area contributed by atoms with Gasteiger partial charge in [0.15, 0.2) is 0 Å². The van der Waals surface area contributed by atoms with Crippen LogP contribution < -0.4 is 10.9 Å². The second-order valence-corrected chi connectivity index (χ2v) is 5.09. The van der Waals surface area contributed by atoms with Crippen molar-refractivity contribution in [3.05, 3.63) is 56.9 Å². The number of amides is 2. The lowest BCUT2D eigenvalue weighted by molar-refractivity contribution is 0.0600. The number of hydrogen-bond donors (Lipinski definition) is 3. The second-order valence-electron chi connectivity index (χ2n) is 5.09. The van der Waals surface area contributed by atoms with Crippen molar-refractivity contribution in [1.82, 2.24) is 4.98 Å². The Morgan fingerprint density at radius 2 is 2.00 bits per heavy atom. The molecule has 2 aromatic rings. The Balaban J connectivity index is 2.17. The molecule has 9 nitrogen and oxygen atoms in total. The Kier molecular flexibility index (Phi) is 5.49. The molecule has 0 spiro atoms. The largest absolute Gasteiger partial charge is 0.494 e. The number of pyridine rings is 1. The molecule has 26 heavy (non-hydrogen) atoms. The topological polar surface area (TPSA) is 145 Å². The minimum Gasteiger partial charge on any atom is -0.494 e. The predicted molar refractivity (Wildman–Crippen MR) is 92.6 cm³/mol. The molecule has 0 fully saturated rings. The summed E-state index contributed by atoms with van der Waals surface area (Å²) in [5, 5.41) is 21.2. The van der Waals surface area contributed by atoms with Gasteiger partial charge in [0, 0.05) is 11.9 Å². The summed E-state index contributed by atoms with van der Waals surface area (Å²) >= 11 is 0. The molecule has 1 aromatic carbocycles. The van der Waals surface area contributed by atoms with E-state index in [4.69, 9.17) is 5.26 Å². The van der Waals surface area contributed by atoms with Gasteiger partial charge in [0.1, 0.15) is 11.6 Å². The predicted octanol–water partition coefficient (Wildman–Crippen LogP) is 1.70. The normalized spacial score (nSPS) is 10.3. The zero-order valence-electron chi connectivity index (χ0n) is 13.9. The number of nitriles is 1. The molecule has 9 heteroatoms. The molecule has 3 N–H and O–H groups in total. The van der Waals surface area contributed by atoms with Crippen LogP contribution >= 0.6 is 0 Å². The number of aliphatic imine (C=N–C) groups is 1. The number of ether oxygens (including phenoxy) is 1.